The first-order valence-electron chi connectivity index (χ1n) is 7.99. The molecule has 0 fully saturated rings. The predicted molar refractivity (Wildman–Crippen MR) is 109 cm³/mol. The Morgan fingerprint density at radius 3 is 2.55 bits per heavy atom. The topological polar surface area (TPSA) is 49.3 Å². The van der Waals surface area contributed by atoms with Gasteiger partial charge in [-0.05, 0) is 31.6 Å². The Kier molecular flexibility index (Phi) is 11.9. The number of thiazole rings is 1. The maximum Gasteiger partial charge on any atom is 0.191 e. The normalized spacial score (nSPS) is 11.7. The molecule has 4 nitrogen and oxygen atoms in total. The van der Waals surface area contributed by atoms with E-state index in [1.807, 2.05) is 0 Å². The van der Waals surface area contributed by atoms with Crippen LogP contribution in [0, 0.1) is 5.92 Å². The van der Waals surface area contributed by atoms with Crippen LogP contribution in [0.5, 0.6) is 0 Å². The monoisotopic (exact) mass is 438 g/mol. The third-order valence-electron chi connectivity index (χ3n) is 3.13. The summed E-state index contributed by atoms with van der Waals surface area (Å²) in [6.07, 6.45) is 2.42. The highest BCUT2D eigenvalue weighted by Gasteiger charge is 2.05. The van der Waals surface area contributed by atoms with Gasteiger partial charge in [0.2, 0.25) is 0 Å². The Balaban J connectivity index is 0.00000441. The Morgan fingerprint density at radius 1 is 1.27 bits per heavy atom. The molecule has 0 spiro atoms. The van der Waals surface area contributed by atoms with Crippen molar-refractivity contribution in [3.8, 4) is 0 Å². The third kappa shape index (κ3) is 8.92. The van der Waals surface area contributed by atoms with Gasteiger partial charge in [0.25, 0.3) is 0 Å². The van der Waals surface area contributed by atoms with E-state index in [0.717, 1.165) is 30.0 Å². The summed E-state index contributed by atoms with van der Waals surface area (Å²) in [5, 5.41) is 9.90. The second kappa shape index (κ2) is 12.1. The lowest BCUT2D eigenvalue weighted by Gasteiger charge is -2.11. The number of hydrogen-bond donors (Lipinski definition) is 2. The molecule has 0 saturated heterocycles. The number of guanidine groups is 1. The highest BCUT2D eigenvalue weighted by Crippen LogP contribution is 2.18. The first-order valence-corrected chi connectivity index (χ1v) is 8.87. The molecule has 0 bridgehead atoms. The minimum atomic E-state index is 0. The Hall–Kier alpha value is -0.370. The highest BCUT2D eigenvalue weighted by molar-refractivity contribution is 14.0. The van der Waals surface area contributed by atoms with Crippen LogP contribution in [0.2, 0.25) is 0 Å². The zero-order valence-corrected chi connectivity index (χ0v) is 17.6. The molecule has 1 rings (SSSR count). The average molecular weight is 438 g/mol. The summed E-state index contributed by atoms with van der Waals surface area (Å²) in [4.78, 5) is 9.23. The second-order valence-corrected chi connectivity index (χ2v) is 6.92. The molecule has 0 aliphatic rings. The summed E-state index contributed by atoms with van der Waals surface area (Å²) in [5.74, 6) is 2.14. The Bertz CT molecular complexity index is 430. The van der Waals surface area contributed by atoms with E-state index in [1.165, 1.54) is 18.5 Å². The van der Waals surface area contributed by atoms with Crippen LogP contribution in [0.25, 0.3) is 0 Å². The second-order valence-electron chi connectivity index (χ2n) is 5.98. The van der Waals surface area contributed by atoms with Crippen molar-refractivity contribution in [3.05, 3.63) is 16.1 Å². The molecule has 1 aromatic heterocycles. The number of halogens is 1. The van der Waals surface area contributed by atoms with Gasteiger partial charge in [0.1, 0.15) is 5.01 Å². The Morgan fingerprint density at radius 2 is 2.00 bits per heavy atom. The first-order chi connectivity index (χ1) is 10.0. The molecule has 6 heteroatoms. The number of hydrogen-bond acceptors (Lipinski definition) is 3. The van der Waals surface area contributed by atoms with Gasteiger partial charge in [-0.15, -0.1) is 35.3 Å². The van der Waals surface area contributed by atoms with E-state index in [0.29, 0.717) is 12.5 Å². The molecule has 0 aromatic carbocycles. The molecular formula is C16H31IN4S. The van der Waals surface area contributed by atoms with Crippen LogP contribution in [0.4, 0.5) is 0 Å². The lowest BCUT2D eigenvalue weighted by Crippen LogP contribution is -2.37. The maximum atomic E-state index is 4.62. The van der Waals surface area contributed by atoms with Crippen molar-refractivity contribution in [2.45, 2.75) is 59.9 Å². The van der Waals surface area contributed by atoms with Crippen LogP contribution in [0.3, 0.4) is 0 Å². The fraction of sp³-hybridized carbons (Fsp3) is 0.750. The standard InChI is InChI=1S/C16H30N4S.HI/c1-6-17-16(18-9-7-8-12(2)3)19-10-15-20-14(11-21-15)13(4)5;/h11-13H,6-10H2,1-5H3,(H2,17,18,19);1H. The molecule has 128 valence electrons. The number of aliphatic imine (C=N–C) groups is 1. The van der Waals surface area contributed by atoms with Crippen LogP contribution in [-0.4, -0.2) is 24.0 Å². The number of aromatic nitrogens is 1. The fourth-order valence-corrected chi connectivity index (χ4v) is 2.75. The van der Waals surface area contributed by atoms with Crippen molar-refractivity contribution >= 4 is 41.3 Å². The number of nitrogens with one attached hydrogen (secondary N) is 2. The lowest BCUT2D eigenvalue weighted by atomic mass is 10.1. The zero-order chi connectivity index (χ0) is 15.7. The van der Waals surface area contributed by atoms with E-state index in [4.69, 9.17) is 0 Å². The third-order valence-corrected chi connectivity index (χ3v) is 3.98. The molecule has 1 heterocycles. The molecule has 0 aliphatic heterocycles. The predicted octanol–water partition coefficient (Wildman–Crippen LogP) is 4.38. The minimum absolute atomic E-state index is 0. The van der Waals surface area contributed by atoms with Gasteiger partial charge in [0.05, 0.1) is 12.2 Å². The van der Waals surface area contributed by atoms with E-state index in [-0.39, 0.29) is 24.0 Å². The number of nitrogens with zero attached hydrogens (tertiary/aromatic N) is 2. The van der Waals surface area contributed by atoms with Crippen LogP contribution in [-0.2, 0) is 6.54 Å². The molecule has 0 saturated carbocycles. The smallest absolute Gasteiger partial charge is 0.191 e. The molecule has 0 atom stereocenters. The lowest BCUT2D eigenvalue weighted by molar-refractivity contribution is 0.549. The summed E-state index contributed by atoms with van der Waals surface area (Å²) in [6.45, 7) is 13.4. The van der Waals surface area contributed by atoms with Crippen molar-refractivity contribution in [1.82, 2.24) is 15.6 Å². The van der Waals surface area contributed by atoms with Crippen molar-refractivity contribution in [1.29, 1.82) is 0 Å². The van der Waals surface area contributed by atoms with Gasteiger partial charge in [-0.3, -0.25) is 0 Å². The quantitative estimate of drug-likeness (QED) is 0.274. The van der Waals surface area contributed by atoms with Crippen LogP contribution in [0.1, 0.15) is 64.1 Å². The molecule has 0 amide bonds. The Labute approximate surface area is 156 Å². The summed E-state index contributed by atoms with van der Waals surface area (Å²) in [6, 6.07) is 0. The van der Waals surface area contributed by atoms with Gasteiger partial charge in [-0.25, -0.2) is 9.98 Å². The zero-order valence-electron chi connectivity index (χ0n) is 14.5. The maximum absolute atomic E-state index is 4.62. The first kappa shape index (κ1) is 21.6. The van der Waals surface area contributed by atoms with E-state index in [2.05, 4.69) is 60.6 Å². The van der Waals surface area contributed by atoms with E-state index in [1.54, 1.807) is 11.3 Å². The van der Waals surface area contributed by atoms with Crippen molar-refractivity contribution in [2.75, 3.05) is 13.1 Å². The van der Waals surface area contributed by atoms with Crippen molar-refractivity contribution in [3.63, 3.8) is 0 Å². The number of rotatable bonds is 8. The summed E-state index contributed by atoms with van der Waals surface area (Å²) < 4.78 is 0. The van der Waals surface area contributed by atoms with E-state index in [9.17, 15) is 0 Å². The molecule has 0 aliphatic carbocycles. The van der Waals surface area contributed by atoms with Gasteiger partial charge in [-0.2, -0.15) is 0 Å². The molecule has 0 unspecified atom stereocenters. The van der Waals surface area contributed by atoms with Gasteiger partial charge < -0.3 is 10.6 Å². The summed E-state index contributed by atoms with van der Waals surface area (Å²) in [7, 11) is 0. The van der Waals surface area contributed by atoms with Gasteiger partial charge in [0, 0.05) is 18.5 Å². The molecule has 1 aromatic rings. The average Bonchev–Trinajstić information content (AvgIpc) is 2.89. The van der Waals surface area contributed by atoms with E-state index >= 15 is 0 Å². The van der Waals surface area contributed by atoms with Gasteiger partial charge in [-0.1, -0.05) is 27.7 Å². The highest BCUT2D eigenvalue weighted by atomic mass is 127. The van der Waals surface area contributed by atoms with Gasteiger partial charge in [0.15, 0.2) is 5.96 Å². The SMILES string of the molecule is CCNC(=NCc1nc(C(C)C)cs1)NCCCC(C)C.I. The molecular weight excluding hydrogens is 407 g/mol. The molecule has 22 heavy (non-hydrogen) atoms. The van der Waals surface area contributed by atoms with Crippen LogP contribution >= 0.6 is 35.3 Å². The largest absolute Gasteiger partial charge is 0.357 e. The molecule has 0 radical (unpaired) electrons. The molecule has 2 N–H and O–H groups in total. The van der Waals surface area contributed by atoms with Crippen molar-refractivity contribution in [2.24, 2.45) is 10.9 Å². The minimum Gasteiger partial charge on any atom is -0.357 e. The summed E-state index contributed by atoms with van der Waals surface area (Å²) >= 11 is 1.70. The summed E-state index contributed by atoms with van der Waals surface area (Å²) in [5.41, 5.74) is 1.17. The van der Waals surface area contributed by atoms with Crippen molar-refractivity contribution < 1.29 is 0 Å². The van der Waals surface area contributed by atoms with Crippen LogP contribution in [0.15, 0.2) is 10.4 Å². The van der Waals surface area contributed by atoms with Crippen LogP contribution < -0.4 is 10.6 Å². The van der Waals surface area contributed by atoms with Gasteiger partial charge >= 0.3 is 0 Å². The fourth-order valence-electron chi connectivity index (χ4n) is 1.87. The van der Waals surface area contributed by atoms with E-state index < -0.39 is 0 Å².